The number of methoxy groups -OCH3 is 1. The van der Waals surface area contributed by atoms with Crippen molar-refractivity contribution in [2.24, 2.45) is 0 Å². The zero-order valence-corrected chi connectivity index (χ0v) is 17.5. The Morgan fingerprint density at radius 2 is 1.80 bits per heavy atom. The second-order valence-electron chi connectivity index (χ2n) is 6.69. The first-order valence-corrected chi connectivity index (χ1v) is 10.4. The van der Waals surface area contributed by atoms with E-state index in [2.05, 4.69) is 46.4 Å². The van der Waals surface area contributed by atoms with Crippen LogP contribution >= 0.6 is 11.8 Å². The summed E-state index contributed by atoms with van der Waals surface area (Å²) < 4.78 is 6.86. The highest BCUT2D eigenvalue weighted by Gasteiger charge is 2.16. The minimum absolute atomic E-state index is 0.343. The molecule has 2 aromatic carbocycles. The van der Waals surface area contributed by atoms with Crippen molar-refractivity contribution < 1.29 is 9.53 Å². The monoisotopic (exact) mass is 416 g/mol. The third-order valence-electron chi connectivity index (χ3n) is 4.58. The molecular formula is C23H20N4O2S. The van der Waals surface area contributed by atoms with Gasteiger partial charge in [0.05, 0.1) is 12.7 Å². The number of aryl methyl sites for hydroxylation is 1. The van der Waals surface area contributed by atoms with Crippen LogP contribution in [0.1, 0.15) is 21.5 Å². The van der Waals surface area contributed by atoms with Crippen LogP contribution in [-0.4, -0.2) is 32.8 Å². The molecule has 0 aliphatic heterocycles. The van der Waals surface area contributed by atoms with Crippen LogP contribution in [0.5, 0.6) is 0 Å². The van der Waals surface area contributed by atoms with E-state index in [9.17, 15) is 4.79 Å². The van der Waals surface area contributed by atoms with Crippen molar-refractivity contribution in [3.8, 4) is 17.1 Å². The molecule has 0 bridgehead atoms. The highest BCUT2D eigenvalue weighted by atomic mass is 32.2. The van der Waals surface area contributed by atoms with Crippen LogP contribution in [0, 0.1) is 6.92 Å². The number of nitrogens with zero attached hydrogens (tertiary/aromatic N) is 4. The average Bonchev–Trinajstić information content (AvgIpc) is 3.22. The third-order valence-corrected chi connectivity index (χ3v) is 5.58. The van der Waals surface area contributed by atoms with Crippen molar-refractivity contribution >= 4 is 17.7 Å². The summed E-state index contributed by atoms with van der Waals surface area (Å²) in [6.07, 6.45) is 3.49. The molecule has 2 aromatic heterocycles. The van der Waals surface area contributed by atoms with Crippen LogP contribution in [0.2, 0.25) is 0 Å². The van der Waals surface area contributed by atoms with Gasteiger partial charge in [-0.05, 0) is 48.9 Å². The van der Waals surface area contributed by atoms with E-state index in [1.807, 2.05) is 34.9 Å². The summed E-state index contributed by atoms with van der Waals surface area (Å²) in [6.45, 7) is 2.06. The van der Waals surface area contributed by atoms with Gasteiger partial charge < -0.3 is 4.74 Å². The predicted octanol–water partition coefficient (Wildman–Crippen LogP) is 4.72. The Kier molecular flexibility index (Phi) is 5.90. The van der Waals surface area contributed by atoms with Crippen molar-refractivity contribution in [1.29, 1.82) is 0 Å². The lowest BCUT2D eigenvalue weighted by molar-refractivity contribution is 0.0600. The van der Waals surface area contributed by atoms with Gasteiger partial charge in [0.15, 0.2) is 11.0 Å². The largest absolute Gasteiger partial charge is 0.465 e. The molecule has 7 heteroatoms. The molecule has 0 N–H and O–H groups in total. The standard InChI is InChI=1S/C23H20N4O2S/c1-16-6-8-20(9-7-16)27-21(18-10-12-24-13-11-18)25-26-23(27)30-15-17-4-3-5-19(14-17)22(28)29-2/h3-14H,15H2,1-2H3. The Balaban J connectivity index is 1.68. The molecule has 0 saturated carbocycles. The summed E-state index contributed by atoms with van der Waals surface area (Å²) >= 11 is 1.56. The van der Waals surface area contributed by atoms with E-state index >= 15 is 0 Å². The second-order valence-corrected chi connectivity index (χ2v) is 7.64. The Morgan fingerprint density at radius 1 is 1.03 bits per heavy atom. The maximum atomic E-state index is 11.8. The van der Waals surface area contributed by atoms with Crippen LogP contribution < -0.4 is 0 Å². The lowest BCUT2D eigenvalue weighted by Gasteiger charge is -2.11. The predicted molar refractivity (Wildman–Crippen MR) is 117 cm³/mol. The molecule has 2 heterocycles. The smallest absolute Gasteiger partial charge is 0.337 e. The molecule has 150 valence electrons. The molecule has 0 spiro atoms. The maximum Gasteiger partial charge on any atom is 0.337 e. The van der Waals surface area contributed by atoms with Gasteiger partial charge in [-0.1, -0.05) is 41.6 Å². The lowest BCUT2D eigenvalue weighted by Crippen LogP contribution is -2.02. The molecule has 0 aliphatic carbocycles. The Hall–Kier alpha value is -3.45. The zero-order chi connectivity index (χ0) is 20.9. The fourth-order valence-corrected chi connectivity index (χ4v) is 3.93. The van der Waals surface area contributed by atoms with Crippen LogP contribution in [-0.2, 0) is 10.5 Å². The number of ether oxygens (including phenoxy) is 1. The van der Waals surface area contributed by atoms with Crippen molar-refractivity contribution in [1.82, 2.24) is 19.7 Å². The first-order chi connectivity index (χ1) is 14.7. The normalized spacial score (nSPS) is 10.7. The molecule has 0 fully saturated rings. The van der Waals surface area contributed by atoms with Gasteiger partial charge in [-0.3, -0.25) is 9.55 Å². The molecule has 0 radical (unpaired) electrons. The van der Waals surface area contributed by atoms with Crippen LogP contribution in [0.3, 0.4) is 0 Å². The van der Waals surface area contributed by atoms with E-state index in [4.69, 9.17) is 4.74 Å². The summed E-state index contributed by atoms with van der Waals surface area (Å²) in [4.78, 5) is 15.9. The van der Waals surface area contributed by atoms with Gasteiger partial charge >= 0.3 is 5.97 Å². The van der Waals surface area contributed by atoms with E-state index in [0.717, 1.165) is 27.8 Å². The van der Waals surface area contributed by atoms with E-state index in [1.54, 1.807) is 30.2 Å². The molecule has 0 unspecified atom stereocenters. The van der Waals surface area contributed by atoms with Crippen LogP contribution in [0.25, 0.3) is 17.1 Å². The Bertz CT molecular complexity index is 1160. The quantitative estimate of drug-likeness (QED) is 0.335. The van der Waals surface area contributed by atoms with Gasteiger partial charge in [0.2, 0.25) is 0 Å². The van der Waals surface area contributed by atoms with Crippen molar-refractivity contribution in [2.75, 3.05) is 7.11 Å². The zero-order valence-electron chi connectivity index (χ0n) is 16.6. The Labute approximate surface area is 179 Å². The Morgan fingerprint density at radius 3 is 2.53 bits per heavy atom. The molecule has 0 amide bonds. The van der Waals surface area contributed by atoms with Gasteiger partial charge in [0, 0.05) is 29.4 Å². The van der Waals surface area contributed by atoms with E-state index in [1.165, 1.54) is 12.7 Å². The highest BCUT2D eigenvalue weighted by molar-refractivity contribution is 7.98. The molecule has 4 rings (SSSR count). The number of benzene rings is 2. The van der Waals surface area contributed by atoms with E-state index in [-0.39, 0.29) is 5.97 Å². The van der Waals surface area contributed by atoms with Crippen LogP contribution in [0.15, 0.2) is 78.2 Å². The third kappa shape index (κ3) is 4.26. The highest BCUT2D eigenvalue weighted by Crippen LogP contribution is 2.29. The summed E-state index contributed by atoms with van der Waals surface area (Å²) in [5.41, 5.74) is 4.66. The summed E-state index contributed by atoms with van der Waals surface area (Å²) in [6, 6.07) is 19.5. The van der Waals surface area contributed by atoms with Crippen LogP contribution in [0.4, 0.5) is 0 Å². The van der Waals surface area contributed by atoms with Gasteiger partial charge in [0.25, 0.3) is 0 Å². The number of hydrogen-bond donors (Lipinski definition) is 0. The number of carbonyl (C=O) groups excluding carboxylic acids is 1. The molecule has 0 aliphatic rings. The first-order valence-electron chi connectivity index (χ1n) is 9.38. The fourth-order valence-electron chi connectivity index (χ4n) is 3.03. The number of hydrogen-bond acceptors (Lipinski definition) is 6. The molecule has 30 heavy (non-hydrogen) atoms. The first kappa shape index (κ1) is 19.8. The second kappa shape index (κ2) is 8.92. The van der Waals surface area contributed by atoms with Gasteiger partial charge in [-0.2, -0.15) is 0 Å². The lowest BCUT2D eigenvalue weighted by atomic mass is 10.1. The summed E-state index contributed by atoms with van der Waals surface area (Å²) in [7, 11) is 1.38. The van der Waals surface area contributed by atoms with Gasteiger partial charge in [-0.15, -0.1) is 10.2 Å². The number of rotatable bonds is 6. The molecular weight excluding hydrogens is 396 g/mol. The summed E-state index contributed by atoms with van der Waals surface area (Å²) in [5.74, 6) is 1.06. The van der Waals surface area contributed by atoms with Gasteiger partial charge in [0.1, 0.15) is 0 Å². The number of thioether (sulfide) groups is 1. The van der Waals surface area contributed by atoms with Gasteiger partial charge in [-0.25, -0.2) is 4.79 Å². The topological polar surface area (TPSA) is 69.9 Å². The molecule has 0 atom stereocenters. The average molecular weight is 417 g/mol. The SMILES string of the molecule is COC(=O)c1cccc(CSc2nnc(-c3ccncc3)n2-c2ccc(C)cc2)c1. The van der Waals surface area contributed by atoms with Crippen molar-refractivity contribution in [2.45, 2.75) is 17.8 Å². The number of carbonyl (C=O) groups is 1. The van der Waals surface area contributed by atoms with Crippen molar-refractivity contribution in [3.05, 3.63) is 89.7 Å². The fraction of sp³-hybridized carbons (Fsp3) is 0.130. The number of pyridine rings is 1. The minimum Gasteiger partial charge on any atom is -0.465 e. The summed E-state index contributed by atoms with van der Waals surface area (Å²) in [5, 5.41) is 9.66. The molecule has 0 saturated heterocycles. The van der Waals surface area contributed by atoms with Crippen molar-refractivity contribution in [3.63, 3.8) is 0 Å². The van der Waals surface area contributed by atoms with E-state index < -0.39 is 0 Å². The molecule has 6 nitrogen and oxygen atoms in total. The number of esters is 1. The maximum absolute atomic E-state index is 11.8. The minimum atomic E-state index is -0.343. The van der Waals surface area contributed by atoms with E-state index in [0.29, 0.717) is 11.3 Å². The molecule has 4 aromatic rings. The number of aromatic nitrogens is 4.